The zero-order chi connectivity index (χ0) is 16.8. The molecule has 0 aliphatic carbocycles. The summed E-state index contributed by atoms with van der Waals surface area (Å²) in [6.07, 6.45) is 2.36. The Labute approximate surface area is 148 Å². The minimum atomic E-state index is 0.415. The van der Waals surface area contributed by atoms with E-state index in [4.69, 9.17) is 4.74 Å². The van der Waals surface area contributed by atoms with Gasteiger partial charge < -0.3 is 4.74 Å². The Kier molecular flexibility index (Phi) is 5.13. The number of benzene rings is 2. The molecule has 2 aromatic carbocycles. The van der Waals surface area contributed by atoms with Crippen LogP contribution in [-0.2, 0) is 4.79 Å². The standard InChI is InChI=1S/C19H13BrN2O2/c20-18-10-11-19(22-21-18)24-16-8-6-15(7-9-16)17(12-13-23)14-4-2-1-3-5-14/h1-13H/b17-12-. The second kappa shape index (κ2) is 7.66. The Morgan fingerprint density at radius 3 is 2.21 bits per heavy atom. The van der Waals surface area contributed by atoms with Gasteiger partial charge in [0.2, 0.25) is 5.88 Å². The molecule has 118 valence electrons. The van der Waals surface area contributed by atoms with Crippen molar-refractivity contribution in [1.29, 1.82) is 0 Å². The fraction of sp³-hybridized carbons (Fsp3) is 0. The van der Waals surface area contributed by atoms with Gasteiger partial charge >= 0.3 is 0 Å². The monoisotopic (exact) mass is 380 g/mol. The van der Waals surface area contributed by atoms with Crippen LogP contribution < -0.4 is 4.74 Å². The Morgan fingerprint density at radius 2 is 1.58 bits per heavy atom. The first kappa shape index (κ1) is 16.1. The molecule has 0 bridgehead atoms. The number of hydrogen-bond donors (Lipinski definition) is 0. The topological polar surface area (TPSA) is 52.1 Å². The molecule has 3 aromatic rings. The van der Waals surface area contributed by atoms with E-state index in [1.165, 1.54) is 0 Å². The number of hydrogen-bond acceptors (Lipinski definition) is 4. The van der Waals surface area contributed by atoms with Crippen molar-refractivity contribution >= 4 is 27.8 Å². The predicted molar refractivity (Wildman–Crippen MR) is 95.8 cm³/mol. The van der Waals surface area contributed by atoms with Gasteiger partial charge in [0, 0.05) is 6.07 Å². The first-order valence-corrected chi connectivity index (χ1v) is 8.04. The van der Waals surface area contributed by atoms with Gasteiger partial charge in [0.15, 0.2) is 0 Å². The van der Waals surface area contributed by atoms with Gasteiger partial charge in [-0.05, 0) is 56.9 Å². The van der Waals surface area contributed by atoms with E-state index in [2.05, 4.69) is 26.1 Å². The van der Waals surface area contributed by atoms with Gasteiger partial charge in [0.25, 0.3) is 0 Å². The van der Waals surface area contributed by atoms with Gasteiger partial charge in [0.05, 0.1) is 0 Å². The summed E-state index contributed by atoms with van der Waals surface area (Å²) in [5, 5.41) is 7.81. The number of ether oxygens (including phenoxy) is 1. The summed E-state index contributed by atoms with van der Waals surface area (Å²) < 4.78 is 6.30. The molecule has 0 radical (unpaired) electrons. The number of carbonyl (C=O) groups is 1. The average Bonchev–Trinajstić information content (AvgIpc) is 2.63. The molecule has 0 spiro atoms. The van der Waals surface area contributed by atoms with Crippen molar-refractivity contribution < 1.29 is 9.53 Å². The third-order valence-electron chi connectivity index (χ3n) is 3.31. The van der Waals surface area contributed by atoms with Crippen LogP contribution in [-0.4, -0.2) is 16.5 Å². The molecule has 24 heavy (non-hydrogen) atoms. The maximum Gasteiger partial charge on any atom is 0.238 e. The van der Waals surface area contributed by atoms with E-state index in [1.807, 2.05) is 54.6 Å². The lowest BCUT2D eigenvalue weighted by Gasteiger charge is -2.09. The number of allylic oxidation sites excluding steroid dienone is 1. The summed E-state index contributed by atoms with van der Waals surface area (Å²) in [4.78, 5) is 11.0. The van der Waals surface area contributed by atoms with Crippen molar-refractivity contribution in [2.75, 3.05) is 0 Å². The highest BCUT2D eigenvalue weighted by Gasteiger charge is 2.06. The second-order valence-corrected chi connectivity index (χ2v) is 5.72. The summed E-state index contributed by atoms with van der Waals surface area (Å²) in [5.74, 6) is 1.06. The van der Waals surface area contributed by atoms with Crippen molar-refractivity contribution in [1.82, 2.24) is 10.2 Å². The van der Waals surface area contributed by atoms with E-state index in [0.29, 0.717) is 16.2 Å². The Bertz CT molecular complexity index is 845. The molecule has 0 aliphatic rings. The number of halogens is 1. The van der Waals surface area contributed by atoms with Gasteiger partial charge in [-0.2, -0.15) is 0 Å². The minimum Gasteiger partial charge on any atom is -0.438 e. The van der Waals surface area contributed by atoms with Gasteiger partial charge in [-0.25, -0.2) is 0 Å². The smallest absolute Gasteiger partial charge is 0.238 e. The quantitative estimate of drug-likeness (QED) is 0.477. The molecular formula is C19H13BrN2O2. The summed E-state index contributed by atoms with van der Waals surface area (Å²) in [7, 11) is 0. The molecule has 0 saturated carbocycles. The third kappa shape index (κ3) is 3.94. The van der Waals surface area contributed by atoms with E-state index in [-0.39, 0.29) is 0 Å². The van der Waals surface area contributed by atoms with Crippen LogP contribution in [0.25, 0.3) is 5.57 Å². The molecule has 0 fully saturated rings. The molecule has 0 unspecified atom stereocenters. The van der Waals surface area contributed by atoms with Crippen LogP contribution in [0, 0.1) is 0 Å². The van der Waals surface area contributed by atoms with Crippen LogP contribution in [0.1, 0.15) is 11.1 Å². The fourth-order valence-electron chi connectivity index (χ4n) is 2.23. The Morgan fingerprint density at radius 1 is 0.875 bits per heavy atom. The molecular weight excluding hydrogens is 368 g/mol. The lowest BCUT2D eigenvalue weighted by atomic mass is 9.98. The third-order valence-corrected chi connectivity index (χ3v) is 3.74. The number of nitrogens with zero attached hydrogens (tertiary/aromatic N) is 2. The van der Waals surface area contributed by atoms with Crippen molar-refractivity contribution in [2.24, 2.45) is 0 Å². The van der Waals surface area contributed by atoms with Crippen LogP contribution in [0.4, 0.5) is 0 Å². The first-order valence-electron chi connectivity index (χ1n) is 7.24. The zero-order valence-corrected chi connectivity index (χ0v) is 14.2. The van der Waals surface area contributed by atoms with Crippen molar-refractivity contribution in [3.05, 3.63) is 88.5 Å². The maximum absolute atomic E-state index is 11.0. The Hall–Kier alpha value is -2.79. The van der Waals surface area contributed by atoms with E-state index < -0.39 is 0 Å². The molecule has 0 aliphatic heterocycles. The lowest BCUT2D eigenvalue weighted by Crippen LogP contribution is -1.92. The van der Waals surface area contributed by atoms with Crippen LogP contribution in [0.3, 0.4) is 0 Å². The molecule has 0 N–H and O–H groups in total. The molecule has 4 nitrogen and oxygen atoms in total. The summed E-state index contributed by atoms with van der Waals surface area (Å²) >= 11 is 3.23. The van der Waals surface area contributed by atoms with Gasteiger partial charge in [-0.1, -0.05) is 42.5 Å². The molecule has 0 atom stereocenters. The summed E-state index contributed by atoms with van der Waals surface area (Å²) in [6.45, 7) is 0. The molecule has 1 heterocycles. The highest BCUT2D eigenvalue weighted by atomic mass is 79.9. The van der Waals surface area contributed by atoms with E-state index in [9.17, 15) is 4.79 Å². The SMILES string of the molecule is O=C/C=C(/c1ccccc1)c1ccc(Oc2ccc(Br)nn2)cc1. The largest absolute Gasteiger partial charge is 0.438 e. The molecule has 5 heteroatoms. The summed E-state index contributed by atoms with van der Waals surface area (Å²) in [5.41, 5.74) is 2.78. The maximum atomic E-state index is 11.0. The second-order valence-electron chi connectivity index (χ2n) is 4.90. The fourth-order valence-corrected chi connectivity index (χ4v) is 2.44. The lowest BCUT2D eigenvalue weighted by molar-refractivity contribution is -0.104. The highest BCUT2D eigenvalue weighted by Crippen LogP contribution is 2.26. The van der Waals surface area contributed by atoms with Crippen LogP contribution in [0.2, 0.25) is 0 Å². The van der Waals surface area contributed by atoms with Crippen LogP contribution in [0.5, 0.6) is 11.6 Å². The number of aromatic nitrogens is 2. The minimum absolute atomic E-state index is 0.415. The average molecular weight is 381 g/mol. The van der Waals surface area contributed by atoms with E-state index >= 15 is 0 Å². The number of aldehydes is 1. The molecule has 0 saturated heterocycles. The molecule has 1 aromatic heterocycles. The van der Waals surface area contributed by atoms with Gasteiger partial charge in [0.1, 0.15) is 16.6 Å². The zero-order valence-electron chi connectivity index (χ0n) is 12.6. The van der Waals surface area contributed by atoms with Crippen LogP contribution in [0.15, 0.2) is 77.4 Å². The number of rotatable bonds is 5. The van der Waals surface area contributed by atoms with Gasteiger partial charge in [-0.15, -0.1) is 10.2 Å². The normalized spacial score (nSPS) is 11.1. The van der Waals surface area contributed by atoms with E-state index in [0.717, 1.165) is 23.0 Å². The molecule has 0 amide bonds. The first-order chi connectivity index (χ1) is 11.8. The van der Waals surface area contributed by atoms with Crippen LogP contribution >= 0.6 is 15.9 Å². The Balaban J connectivity index is 1.83. The summed E-state index contributed by atoms with van der Waals surface area (Å²) in [6, 6.07) is 20.7. The van der Waals surface area contributed by atoms with Crippen molar-refractivity contribution in [3.63, 3.8) is 0 Å². The predicted octanol–water partition coefficient (Wildman–Crippen LogP) is 4.66. The molecule has 3 rings (SSSR count). The van der Waals surface area contributed by atoms with Crippen molar-refractivity contribution in [3.8, 4) is 11.6 Å². The van der Waals surface area contributed by atoms with Crippen molar-refractivity contribution in [2.45, 2.75) is 0 Å². The highest BCUT2D eigenvalue weighted by molar-refractivity contribution is 9.10. The number of carbonyl (C=O) groups excluding carboxylic acids is 1. The van der Waals surface area contributed by atoms with Gasteiger partial charge in [-0.3, -0.25) is 4.79 Å². The van der Waals surface area contributed by atoms with E-state index in [1.54, 1.807) is 18.2 Å².